The largest absolute Gasteiger partial charge is 0.368 e. The number of likely N-dealkylation sites (tertiary alicyclic amines) is 1. The van der Waals surface area contributed by atoms with Crippen LogP contribution in [0.4, 0.5) is 20.2 Å². The summed E-state index contributed by atoms with van der Waals surface area (Å²) in [5.74, 6) is -2.88. The lowest BCUT2D eigenvalue weighted by molar-refractivity contribution is -0.385. The standard InChI is InChI=1S/C22H22F2N4O4/c23-17-4-3-5-18(24)20(17)22(30)27-12-10-25(11-13-27)15-6-7-19(28(31)32)16(14-15)21(29)26-8-1-2-9-26/h3-7,14H,1-2,8-13H2. The SMILES string of the molecule is O=C(c1cc(N2CCN(C(=O)c3c(F)cccc3F)CC2)ccc1[N+](=O)[O-])N1CCCC1. The Morgan fingerprint density at radius 2 is 1.44 bits per heavy atom. The van der Waals surface area contributed by atoms with Gasteiger partial charge in [0.1, 0.15) is 22.8 Å². The number of anilines is 1. The number of hydrogen-bond acceptors (Lipinski definition) is 5. The molecule has 2 aliphatic rings. The van der Waals surface area contributed by atoms with Crippen LogP contribution in [0.3, 0.4) is 0 Å². The fourth-order valence-corrected chi connectivity index (χ4v) is 4.17. The quantitative estimate of drug-likeness (QED) is 0.534. The molecule has 8 nitrogen and oxygen atoms in total. The van der Waals surface area contributed by atoms with Gasteiger partial charge in [-0.15, -0.1) is 0 Å². The fraction of sp³-hybridized carbons (Fsp3) is 0.364. The van der Waals surface area contributed by atoms with Crippen LogP contribution in [0, 0.1) is 21.7 Å². The van der Waals surface area contributed by atoms with E-state index in [1.165, 1.54) is 23.1 Å². The number of piperazine rings is 1. The zero-order valence-electron chi connectivity index (χ0n) is 17.3. The monoisotopic (exact) mass is 444 g/mol. The topological polar surface area (TPSA) is 87.0 Å². The van der Waals surface area contributed by atoms with Gasteiger partial charge in [0.15, 0.2) is 0 Å². The van der Waals surface area contributed by atoms with Gasteiger partial charge >= 0.3 is 0 Å². The van der Waals surface area contributed by atoms with Crippen molar-refractivity contribution < 1.29 is 23.3 Å². The number of benzene rings is 2. The number of hydrogen-bond donors (Lipinski definition) is 0. The molecule has 0 saturated carbocycles. The second-order valence-electron chi connectivity index (χ2n) is 7.83. The Bertz CT molecular complexity index is 1040. The fourth-order valence-electron chi connectivity index (χ4n) is 4.17. The van der Waals surface area contributed by atoms with Crippen LogP contribution in [-0.4, -0.2) is 65.8 Å². The zero-order chi connectivity index (χ0) is 22.8. The van der Waals surface area contributed by atoms with Crippen LogP contribution >= 0.6 is 0 Å². The molecule has 0 N–H and O–H groups in total. The van der Waals surface area contributed by atoms with Gasteiger partial charge in [-0.25, -0.2) is 8.78 Å². The van der Waals surface area contributed by atoms with E-state index < -0.39 is 28.0 Å². The molecule has 0 spiro atoms. The van der Waals surface area contributed by atoms with Gasteiger partial charge in [-0.05, 0) is 37.1 Å². The summed E-state index contributed by atoms with van der Waals surface area (Å²) in [4.78, 5) is 41.2. The summed E-state index contributed by atoms with van der Waals surface area (Å²) in [6.07, 6.45) is 1.75. The lowest BCUT2D eigenvalue weighted by atomic mass is 10.1. The lowest BCUT2D eigenvalue weighted by Gasteiger charge is -2.36. The summed E-state index contributed by atoms with van der Waals surface area (Å²) >= 11 is 0. The number of carbonyl (C=O) groups is 2. The summed E-state index contributed by atoms with van der Waals surface area (Å²) in [6, 6.07) is 7.71. The van der Waals surface area contributed by atoms with Crippen molar-refractivity contribution in [3.05, 3.63) is 69.3 Å². The summed E-state index contributed by atoms with van der Waals surface area (Å²) in [6.45, 7) is 2.31. The number of amides is 2. The maximum absolute atomic E-state index is 14.0. The average Bonchev–Trinajstić information content (AvgIpc) is 3.33. The second-order valence-corrected chi connectivity index (χ2v) is 7.83. The van der Waals surface area contributed by atoms with E-state index in [1.54, 1.807) is 11.0 Å². The average molecular weight is 444 g/mol. The van der Waals surface area contributed by atoms with E-state index in [0.29, 0.717) is 31.9 Å². The Morgan fingerprint density at radius 3 is 2.03 bits per heavy atom. The molecule has 2 aliphatic heterocycles. The van der Waals surface area contributed by atoms with Crippen molar-refractivity contribution in [1.82, 2.24) is 9.80 Å². The first-order valence-corrected chi connectivity index (χ1v) is 10.4. The van der Waals surface area contributed by atoms with Crippen molar-refractivity contribution in [3.8, 4) is 0 Å². The van der Waals surface area contributed by atoms with Crippen LogP contribution in [0.15, 0.2) is 36.4 Å². The van der Waals surface area contributed by atoms with Crippen LogP contribution in [0.2, 0.25) is 0 Å². The molecule has 168 valence electrons. The number of carbonyl (C=O) groups excluding carboxylic acids is 2. The molecule has 32 heavy (non-hydrogen) atoms. The highest BCUT2D eigenvalue weighted by atomic mass is 19.1. The van der Waals surface area contributed by atoms with Gasteiger partial charge < -0.3 is 14.7 Å². The maximum Gasteiger partial charge on any atom is 0.282 e. The minimum absolute atomic E-state index is 0.0429. The molecule has 0 aliphatic carbocycles. The zero-order valence-corrected chi connectivity index (χ0v) is 17.3. The maximum atomic E-state index is 14.0. The molecular formula is C22H22F2N4O4. The molecule has 2 saturated heterocycles. The van der Waals surface area contributed by atoms with E-state index in [1.807, 2.05) is 4.90 Å². The first-order valence-electron chi connectivity index (χ1n) is 10.4. The van der Waals surface area contributed by atoms with Crippen molar-refractivity contribution in [2.45, 2.75) is 12.8 Å². The molecule has 0 radical (unpaired) electrons. The van der Waals surface area contributed by atoms with E-state index in [-0.39, 0.29) is 30.2 Å². The predicted octanol–water partition coefficient (Wildman–Crippen LogP) is 3.07. The molecule has 0 bridgehead atoms. The van der Waals surface area contributed by atoms with Crippen molar-refractivity contribution >= 4 is 23.2 Å². The van der Waals surface area contributed by atoms with Crippen LogP contribution in [-0.2, 0) is 0 Å². The first-order chi connectivity index (χ1) is 15.4. The van der Waals surface area contributed by atoms with E-state index in [4.69, 9.17) is 0 Å². The highest BCUT2D eigenvalue weighted by Crippen LogP contribution is 2.28. The van der Waals surface area contributed by atoms with Crippen LogP contribution < -0.4 is 4.90 Å². The molecule has 0 unspecified atom stereocenters. The molecule has 2 heterocycles. The van der Waals surface area contributed by atoms with E-state index in [9.17, 15) is 28.5 Å². The van der Waals surface area contributed by atoms with Gasteiger partial charge in [0.05, 0.1) is 4.92 Å². The third-order valence-electron chi connectivity index (χ3n) is 5.91. The van der Waals surface area contributed by atoms with Crippen LogP contribution in [0.5, 0.6) is 0 Å². The van der Waals surface area contributed by atoms with E-state index in [2.05, 4.69) is 0 Å². The Kier molecular flexibility index (Phi) is 6.02. The van der Waals surface area contributed by atoms with E-state index >= 15 is 0 Å². The second kappa shape index (κ2) is 8.89. The van der Waals surface area contributed by atoms with Crippen molar-refractivity contribution in [1.29, 1.82) is 0 Å². The summed E-state index contributed by atoms with van der Waals surface area (Å²) in [7, 11) is 0. The molecule has 10 heteroatoms. The minimum atomic E-state index is -0.905. The molecule has 2 fully saturated rings. The Hall–Kier alpha value is -3.56. The molecule has 2 amide bonds. The van der Waals surface area contributed by atoms with E-state index in [0.717, 1.165) is 25.0 Å². The van der Waals surface area contributed by atoms with Gasteiger partial charge in [-0.1, -0.05) is 6.07 Å². The normalized spacial score (nSPS) is 16.4. The highest BCUT2D eigenvalue weighted by molar-refractivity contribution is 5.99. The summed E-state index contributed by atoms with van der Waals surface area (Å²) < 4.78 is 27.9. The van der Waals surface area contributed by atoms with Crippen LogP contribution in [0.25, 0.3) is 0 Å². The third-order valence-corrected chi connectivity index (χ3v) is 5.91. The van der Waals surface area contributed by atoms with Gasteiger partial charge in [0, 0.05) is 51.0 Å². The molecular weight excluding hydrogens is 422 g/mol. The lowest BCUT2D eigenvalue weighted by Crippen LogP contribution is -2.49. The molecule has 0 aromatic heterocycles. The molecule has 0 atom stereocenters. The third kappa shape index (κ3) is 4.12. The molecule has 2 aromatic rings. The van der Waals surface area contributed by atoms with Gasteiger partial charge in [-0.3, -0.25) is 19.7 Å². The number of halogens is 2. The van der Waals surface area contributed by atoms with Crippen molar-refractivity contribution in [3.63, 3.8) is 0 Å². The Balaban J connectivity index is 1.51. The van der Waals surface area contributed by atoms with Crippen molar-refractivity contribution in [2.75, 3.05) is 44.2 Å². The molecule has 4 rings (SSSR count). The number of rotatable bonds is 4. The predicted molar refractivity (Wildman–Crippen MR) is 113 cm³/mol. The van der Waals surface area contributed by atoms with Gasteiger partial charge in [0.2, 0.25) is 0 Å². The number of nitro benzene ring substituents is 1. The van der Waals surface area contributed by atoms with Gasteiger partial charge in [0.25, 0.3) is 17.5 Å². The summed E-state index contributed by atoms with van der Waals surface area (Å²) in [5, 5.41) is 11.5. The number of nitrogens with zero attached hydrogens (tertiary/aromatic N) is 4. The number of nitro groups is 1. The van der Waals surface area contributed by atoms with Crippen molar-refractivity contribution in [2.24, 2.45) is 0 Å². The van der Waals surface area contributed by atoms with Crippen LogP contribution in [0.1, 0.15) is 33.6 Å². The Labute approximate surface area is 183 Å². The Morgan fingerprint density at radius 1 is 0.844 bits per heavy atom. The molecule has 2 aromatic carbocycles. The smallest absolute Gasteiger partial charge is 0.282 e. The van der Waals surface area contributed by atoms with Gasteiger partial charge in [-0.2, -0.15) is 0 Å². The highest BCUT2D eigenvalue weighted by Gasteiger charge is 2.30. The summed E-state index contributed by atoms with van der Waals surface area (Å²) in [5.41, 5.74) is -0.145. The minimum Gasteiger partial charge on any atom is -0.368 e. The first kappa shape index (κ1) is 21.7.